The van der Waals surface area contributed by atoms with E-state index in [4.69, 9.17) is 15.4 Å². The lowest BCUT2D eigenvalue weighted by atomic mass is 10.2. The quantitative estimate of drug-likeness (QED) is 0.608. The summed E-state index contributed by atoms with van der Waals surface area (Å²) in [6.45, 7) is 0.678. The number of unbranched alkanes of at least 4 members (excludes halogenated alkanes) is 1. The van der Waals surface area contributed by atoms with Gasteiger partial charge in [0, 0.05) is 30.9 Å². The predicted molar refractivity (Wildman–Crippen MR) is 72.8 cm³/mol. The monoisotopic (exact) mass is 341 g/mol. The first-order valence-electron chi connectivity index (χ1n) is 5.99. The van der Waals surface area contributed by atoms with Crippen molar-refractivity contribution in [2.75, 3.05) is 20.3 Å². The second-order valence-electron chi connectivity index (χ2n) is 4.13. The Labute approximate surface area is 125 Å². The molecule has 0 heterocycles. The van der Waals surface area contributed by atoms with Crippen LogP contribution in [0.25, 0.3) is 0 Å². The molecule has 1 rings (SSSR count). The zero-order valence-electron chi connectivity index (χ0n) is 11.2. The Hall–Kier alpha value is -1.25. The summed E-state index contributed by atoms with van der Waals surface area (Å²) in [5, 5.41) is 2.31. The number of rotatable bonds is 7. The molecular formula is C12H14ClF2NO4S. The molecule has 9 heteroatoms. The van der Waals surface area contributed by atoms with Crippen LogP contribution in [0, 0.1) is 11.6 Å². The van der Waals surface area contributed by atoms with Gasteiger partial charge in [0.1, 0.15) is 16.3 Å². The van der Waals surface area contributed by atoms with Gasteiger partial charge in [-0.25, -0.2) is 17.2 Å². The Morgan fingerprint density at radius 1 is 1.33 bits per heavy atom. The van der Waals surface area contributed by atoms with E-state index in [1.807, 2.05) is 0 Å². The van der Waals surface area contributed by atoms with Crippen LogP contribution < -0.4 is 5.32 Å². The van der Waals surface area contributed by atoms with Gasteiger partial charge in [0.15, 0.2) is 5.82 Å². The summed E-state index contributed by atoms with van der Waals surface area (Å²) in [6.07, 6.45) is 1.22. The van der Waals surface area contributed by atoms with Crippen LogP contribution >= 0.6 is 10.7 Å². The standard InChI is InChI=1S/C12H14ClF2NO4S/c1-20-7-3-2-6-16-12(17)10-8(14)4-5-9(11(10)15)21(13,18)19/h4-5H,2-3,6-7H2,1H3,(H,16,17). The molecule has 0 aliphatic heterocycles. The Morgan fingerprint density at radius 2 is 2.00 bits per heavy atom. The van der Waals surface area contributed by atoms with E-state index in [0.717, 1.165) is 0 Å². The summed E-state index contributed by atoms with van der Waals surface area (Å²) in [4.78, 5) is 10.8. The molecule has 1 aromatic rings. The van der Waals surface area contributed by atoms with E-state index in [0.29, 0.717) is 31.6 Å². The number of benzene rings is 1. The molecule has 0 fully saturated rings. The molecular weight excluding hydrogens is 328 g/mol. The van der Waals surface area contributed by atoms with E-state index < -0.39 is 37.1 Å². The predicted octanol–water partition coefficient (Wildman–Crippen LogP) is 2.05. The molecule has 0 aliphatic carbocycles. The summed E-state index contributed by atoms with van der Waals surface area (Å²) in [6, 6.07) is 1.35. The van der Waals surface area contributed by atoms with Crippen molar-refractivity contribution in [2.24, 2.45) is 0 Å². The molecule has 0 unspecified atom stereocenters. The SMILES string of the molecule is COCCCCNC(=O)c1c(F)ccc(S(=O)(=O)Cl)c1F. The highest BCUT2D eigenvalue weighted by Gasteiger charge is 2.25. The molecule has 0 aromatic heterocycles. The maximum Gasteiger partial charge on any atom is 0.264 e. The van der Waals surface area contributed by atoms with Gasteiger partial charge in [0.25, 0.3) is 15.0 Å². The maximum atomic E-state index is 13.9. The summed E-state index contributed by atoms with van der Waals surface area (Å²) in [5.41, 5.74) is -0.969. The van der Waals surface area contributed by atoms with Crippen LogP contribution in [0.4, 0.5) is 8.78 Å². The van der Waals surface area contributed by atoms with Crippen molar-refractivity contribution >= 4 is 25.6 Å². The number of carbonyl (C=O) groups excluding carboxylic acids is 1. The average Bonchev–Trinajstić information content (AvgIpc) is 2.37. The third kappa shape index (κ3) is 4.90. The fourth-order valence-corrected chi connectivity index (χ4v) is 2.50. The van der Waals surface area contributed by atoms with Crippen molar-refractivity contribution in [1.29, 1.82) is 0 Å². The molecule has 0 bridgehead atoms. The second kappa shape index (κ2) is 7.67. The minimum Gasteiger partial charge on any atom is -0.385 e. The van der Waals surface area contributed by atoms with Gasteiger partial charge in [0.05, 0.1) is 0 Å². The summed E-state index contributed by atoms with van der Waals surface area (Å²) >= 11 is 0. The first-order valence-corrected chi connectivity index (χ1v) is 8.29. The molecule has 0 saturated heterocycles. The lowest BCUT2D eigenvalue weighted by Gasteiger charge is -2.09. The van der Waals surface area contributed by atoms with E-state index in [1.165, 1.54) is 7.11 Å². The number of hydrogen-bond acceptors (Lipinski definition) is 4. The van der Waals surface area contributed by atoms with Gasteiger partial charge in [0.2, 0.25) is 0 Å². The summed E-state index contributed by atoms with van der Waals surface area (Å²) < 4.78 is 54.5. The van der Waals surface area contributed by atoms with Crippen LogP contribution in [0.5, 0.6) is 0 Å². The van der Waals surface area contributed by atoms with Crippen LogP contribution in [0.15, 0.2) is 17.0 Å². The summed E-state index contributed by atoms with van der Waals surface area (Å²) in [5.74, 6) is -3.70. The third-order valence-corrected chi connectivity index (χ3v) is 3.95. The number of methoxy groups -OCH3 is 1. The molecule has 0 saturated carbocycles. The van der Waals surface area contributed by atoms with E-state index in [9.17, 15) is 22.0 Å². The first-order chi connectivity index (χ1) is 9.79. The Bertz CT molecular complexity index is 622. The molecule has 0 radical (unpaired) electrons. The topological polar surface area (TPSA) is 72.5 Å². The van der Waals surface area contributed by atoms with Crippen molar-refractivity contribution in [1.82, 2.24) is 5.32 Å². The van der Waals surface area contributed by atoms with Crippen molar-refractivity contribution in [3.63, 3.8) is 0 Å². The van der Waals surface area contributed by atoms with Gasteiger partial charge in [-0.05, 0) is 25.0 Å². The van der Waals surface area contributed by atoms with E-state index in [1.54, 1.807) is 0 Å². The van der Waals surface area contributed by atoms with Crippen LogP contribution in [-0.4, -0.2) is 34.6 Å². The van der Waals surface area contributed by atoms with Crippen molar-refractivity contribution in [2.45, 2.75) is 17.7 Å². The number of ether oxygens (including phenoxy) is 1. The number of amides is 1. The largest absolute Gasteiger partial charge is 0.385 e. The molecule has 1 amide bonds. The van der Waals surface area contributed by atoms with Crippen molar-refractivity contribution < 1.29 is 26.7 Å². The van der Waals surface area contributed by atoms with Crippen LogP contribution in [-0.2, 0) is 13.8 Å². The van der Waals surface area contributed by atoms with E-state index in [-0.39, 0.29) is 6.54 Å². The van der Waals surface area contributed by atoms with Crippen molar-refractivity contribution in [3.8, 4) is 0 Å². The second-order valence-corrected chi connectivity index (χ2v) is 6.66. The fraction of sp³-hybridized carbons (Fsp3) is 0.417. The molecule has 21 heavy (non-hydrogen) atoms. The Balaban J connectivity index is 2.89. The highest BCUT2D eigenvalue weighted by molar-refractivity contribution is 8.13. The average molecular weight is 342 g/mol. The molecule has 118 valence electrons. The third-order valence-electron chi connectivity index (χ3n) is 2.61. The van der Waals surface area contributed by atoms with E-state index in [2.05, 4.69) is 5.32 Å². The summed E-state index contributed by atoms with van der Waals surface area (Å²) in [7, 11) is 2.14. The smallest absolute Gasteiger partial charge is 0.264 e. The van der Waals surface area contributed by atoms with Gasteiger partial charge in [-0.2, -0.15) is 0 Å². The first kappa shape index (κ1) is 17.8. The highest BCUT2D eigenvalue weighted by Crippen LogP contribution is 2.23. The lowest BCUT2D eigenvalue weighted by Crippen LogP contribution is -2.27. The van der Waals surface area contributed by atoms with Crippen LogP contribution in [0.1, 0.15) is 23.2 Å². The number of halogens is 3. The number of nitrogens with one attached hydrogen (secondary N) is 1. The van der Waals surface area contributed by atoms with Gasteiger partial charge < -0.3 is 10.1 Å². The molecule has 5 nitrogen and oxygen atoms in total. The van der Waals surface area contributed by atoms with Gasteiger partial charge in [-0.1, -0.05) is 0 Å². The van der Waals surface area contributed by atoms with Crippen molar-refractivity contribution in [3.05, 3.63) is 29.3 Å². The minimum atomic E-state index is -4.40. The van der Waals surface area contributed by atoms with E-state index >= 15 is 0 Å². The molecule has 0 aliphatic rings. The van der Waals surface area contributed by atoms with Gasteiger partial charge in [-0.15, -0.1) is 0 Å². The molecule has 0 spiro atoms. The number of hydrogen-bond donors (Lipinski definition) is 1. The minimum absolute atomic E-state index is 0.179. The Kier molecular flexibility index (Phi) is 6.50. The fourth-order valence-electron chi connectivity index (χ4n) is 1.59. The lowest BCUT2D eigenvalue weighted by molar-refractivity contribution is 0.0942. The van der Waals surface area contributed by atoms with Crippen LogP contribution in [0.3, 0.4) is 0 Å². The zero-order valence-corrected chi connectivity index (χ0v) is 12.7. The van der Waals surface area contributed by atoms with Gasteiger partial charge >= 0.3 is 0 Å². The number of carbonyl (C=O) groups is 1. The maximum absolute atomic E-state index is 13.9. The molecule has 0 atom stereocenters. The van der Waals surface area contributed by atoms with Crippen LogP contribution in [0.2, 0.25) is 0 Å². The van der Waals surface area contributed by atoms with Gasteiger partial charge in [-0.3, -0.25) is 4.79 Å². The Morgan fingerprint density at radius 3 is 2.57 bits per heavy atom. The molecule has 1 N–H and O–H groups in total. The molecule has 1 aromatic carbocycles. The highest BCUT2D eigenvalue weighted by atomic mass is 35.7. The zero-order chi connectivity index (χ0) is 16.0. The normalized spacial score (nSPS) is 11.4.